The smallest absolute Gasteiger partial charge is 0.221 e. The Labute approximate surface area is 87.5 Å². The van der Waals surface area contributed by atoms with Crippen LogP contribution in [-0.4, -0.2) is 14.8 Å². The van der Waals surface area contributed by atoms with Crippen molar-refractivity contribution < 1.29 is 4.74 Å². The summed E-state index contributed by atoms with van der Waals surface area (Å²) in [7, 11) is 0. The highest BCUT2D eigenvalue weighted by Crippen LogP contribution is 2.18. The largest absolute Gasteiger partial charge is 0.436 e. The molecule has 0 radical (unpaired) electrons. The summed E-state index contributed by atoms with van der Waals surface area (Å²) in [6, 6.07) is 5.25. The van der Waals surface area contributed by atoms with Crippen molar-refractivity contribution in [1.29, 1.82) is 0 Å². The normalized spacial score (nSPS) is 10.2. The molecule has 0 aliphatic heterocycles. The fraction of sp³-hybridized carbons (Fsp3) is 0.200. The summed E-state index contributed by atoms with van der Waals surface area (Å²) in [6.45, 7) is 2.82. The molecule has 0 bridgehead atoms. The van der Waals surface area contributed by atoms with Gasteiger partial charge in [-0.05, 0) is 13.0 Å². The van der Waals surface area contributed by atoms with Gasteiger partial charge in [0.15, 0.2) is 5.75 Å². The van der Waals surface area contributed by atoms with Gasteiger partial charge < -0.3 is 10.5 Å². The van der Waals surface area contributed by atoms with Gasteiger partial charge in [0.2, 0.25) is 5.88 Å². The van der Waals surface area contributed by atoms with Gasteiger partial charge in [0.25, 0.3) is 0 Å². The van der Waals surface area contributed by atoms with Crippen molar-refractivity contribution in [2.24, 2.45) is 0 Å². The van der Waals surface area contributed by atoms with Crippen LogP contribution in [0.1, 0.15) is 6.92 Å². The average molecular weight is 204 g/mol. The van der Waals surface area contributed by atoms with Crippen LogP contribution in [0.5, 0.6) is 11.6 Å². The second kappa shape index (κ2) is 4.00. The van der Waals surface area contributed by atoms with Crippen LogP contribution in [0.25, 0.3) is 0 Å². The van der Waals surface area contributed by atoms with Gasteiger partial charge in [0, 0.05) is 12.6 Å². The Morgan fingerprint density at radius 2 is 2.33 bits per heavy atom. The summed E-state index contributed by atoms with van der Waals surface area (Å²) in [4.78, 5) is 4.02. The molecular formula is C10H12N4O. The van der Waals surface area contributed by atoms with Crippen LogP contribution in [0.2, 0.25) is 0 Å². The Kier molecular flexibility index (Phi) is 2.53. The number of nitrogens with two attached hydrogens (primary N) is 1. The number of aromatic nitrogens is 3. The van der Waals surface area contributed by atoms with Crippen molar-refractivity contribution in [2.75, 3.05) is 5.73 Å². The molecule has 0 aliphatic carbocycles. The van der Waals surface area contributed by atoms with E-state index in [4.69, 9.17) is 10.5 Å². The second-order valence-corrected chi connectivity index (χ2v) is 3.03. The lowest BCUT2D eigenvalue weighted by atomic mass is 10.4. The summed E-state index contributed by atoms with van der Waals surface area (Å²) >= 11 is 0. The van der Waals surface area contributed by atoms with E-state index < -0.39 is 0 Å². The number of pyridine rings is 1. The summed E-state index contributed by atoms with van der Waals surface area (Å²) in [6.07, 6.45) is 3.46. The van der Waals surface area contributed by atoms with E-state index in [1.54, 1.807) is 29.1 Å². The van der Waals surface area contributed by atoms with E-state index in [0.717, 1.165) is 6.54 Å². The first-order chi connectivity index (χ1) is 7.28. The maximum absolute atomic E-state index is 5.53. The minimum absolute atomic E-state index is 0.440. The molecule has 0 fully saturated rings. The highest BCUT2D eigenvalue weighted by molar-refractivity contribution is 5.32. The standard InChI is InChI=1S/C10H12N4O/c1-2-14-7-8(6-12-14)15-10-5-3-4-9(11)13-10/h3-7H,2H2,1H3,(H2,11,13). The predicted octanol–water partition coefficient (Wildman–Crippen LogP) is 1.67. The molecule has 0 aliphatic rings. The van der Waals surface area contributed by atoms with E-state index in [1.807, 2.05) is 13.1 Å². The minimum Gasteiger partial charge on any atom is -0.436 e. The maximum Gasteiger partial charge on any atom is 0.221 e. The monoisotopic (exact) mass is 204 g/mol. The van der Waals surface area contributed by atoms with Crippen LogP contribution in [0.15, 0.2) is 30.6 Å². The zero-order valence-corrected chi connectivity index (χ0v) is 8.42. The molecule has 2 aromatic rings. The van der Waals surface area contributed by atoms with Crippen LogP contribution in [-0.2, 0) is 6.54 Å². The van der Waals surface area contributed by atoms with Gasteiger partial charge >= 0.3 is 0 Å². The number of hydrogen-bond acceptors (Lipinski definition) is 4. The van der Waals surface area contributed by atoms with Gasteiger partial charge in [-0.1, -0.05) is 6.07 Å². The first kappa shape index (κ1) is 9.51. The van der Waals surface area contributed by atoms with Crippen LogP contribution < -0.4 is 10.5 Å². The van der Waals surface area contributed by atoms with Crippen molar-refractivity contribution in [3.63, 3.8) is 0 Å². The molecule has 2 N–H and O–H groups in total. The lowest BCUT2D eigenvalue weighted by molar-refractivity contribution is 0.462. The van der Waals surface area contributed by atoms with E-state index in [0.29, 0.717) is 17.4 Å². The van der Waals surface area contributed by atoms with Crippen LogP contribution >= 0.6 is 0 Å². The number of nitrogen functional groups attached to an aromatic ring is 1. The van der Waals surface area contributed by atoms with Crippen molar-refractivity contribution in [1.82, 2.24) is 14.8 Å². The van der Waals surface area contributed by atoms with Crippen molar-refractivity contribution in [2.45, 2.75) is 13.5 Å². The quantitative estimate of drug-likeness (QED) is 0.825. The average Bonchev–Trinajstić information content (AvgIpc) is 2.65. The zero-order chi connectivity index (χ0) is 10.7. The third-order valence-electron chi connectivity index (χ3n) is 1.90. The molecule has 0 saturated carbocycles. The number of nitrogens with zero attached hydrogens (tertiary/aromatic N) is 3. The number of rotatable bonds is 3. The summed E-state index contributed by atoms with van der Waals surface area (Å²) < 4.78 is 7.25. The van der Waals surface area contributed by atoms with E-state index in [2.05, 4.69) is 10.1 Å². The van der Waals surface area contributed by atoms with Gasteiger partial charge in [0.05, 0.1) is 12.4 Å². The Hall–Kier alpha value is -2.04. The van der Waals surface area contributed by atoms with Gasteiger partial charge in [-0.25, -0.2) is 0 Å². The number of hydrogen-bond donors (Lipinski definition) is 1. The molecule has 15 heavy (non-hydrogen) atoms. The van der Waals surface area contributed by atoms with E-state index in [1.165, 1.54) is 0 Å². The van der Waals surface area contributed by atoms with Gasteiger partial charge in [-0.2, -0.15) is 10.1 Å². The van der Waals surface area contributed by atoms with E-state index in [-0.39, 0.29) is 0 Å². The number of ether oxygens (including phenoxy) is 1. The molecule has 78 valence electrons. The van der Waals surface area contributed by atoms with E-state index >= 15 is 0 Å². The third kappa shape index (κ3) is 2.25. The highest BCUT2D eigenvalue weighted by atomic mass is 16.5. The molecule has 5 heteroatoms. The van der Waals surface area contributed by atoms with E-state index in [9.17, 15) is 0 Å². The minimum atomic E-state index is 0.440. The summed E-state index contributed by atoms with van der Waals surface area (Å²) in [5.74, 6) is 1.58. The van der Waals surface area contributed by atoms with Gasteiger partial charge in [0.1, 0.15) is 5.82 Å². The van der Waals surface area contributed by atoms with Crippen molar-refractivity contribution in [3.05, 3.63) is 30.6 Å². The molecule has 2 aromatic heterocycles. The maximum atomic E-state index is 5.53. The van der Waals surface area contributed by atoms with Crippen molar-refractivity contribution >= 4 is 5.82 Å². The van der Waals surface area contributed by atoms with Crippen LogP contribution in [0.4, 0.5) is 5.82 Å². The van der Waals surface area contributed by atoms with Gasteiger partial charge in [-0.15, -0.1) is 0 Å². The molecule has 5 nitrogen and oxygen atoms in total. The molecule has 0 amide bonds. The van der Waals surface area contributed by atoms with Crippen LogP contribution in [0, 0.1) is 0 Å². The molecule has 0 spiro atoms. The summed E-state index contributed by atoms with van der Waals surface area (Å²) in [5.41, 5.74) is 5.53. The lowest BCUT2D eigenvalue weighted by Gasteiger charge is -2.01. The first-order valence-corrected chi connectivity index (χ1v) is 4.71. The number of aryl methyl sites for hydroxylation is 1. The molecular weight excluding hydrogens is 192 g/mol. The molecule has 0 aromatic carbocycles. The fourth-order valence-electron chi connectivity index (χ4n) is 1.18. The van der Waals surface area contributed by atoms with Crippen LogP contribution in [0.3, 0.4) is 0 Å². The Morgan fingerprint density at radius 3 is 3.00 bits per heavy atom. The molecule has 0 atom stereocenters. The topological polar surface area (TPSA) is 66.0 Å². The SMILES string of the molecule is CCn1cc(Oc2cccc(N)n2)cn1. The molecule has 2 heterocycles. The Morgan fingerprint density at radius 1 is 1.47 bits per heavy atom. The fourth-order valence-corrected chi connectivity index (χ4v) is 1.18. The molecule has 0 unspecified atom stereocenters. The molecule has 2 rings (SSSR count). The van der Waals surface area contributed by atoms with Gasteiger partial charge in [-0.3, -0.25) is 4.68 Å². The Bertz CT molecular complexity index is 452. The second-order valence-electron chi connectivity index (χ2n) is 3.03. The first-order valence-electron chi connectivity index (χ1n) is 4.71. The summed E-state index contributed by atoms with van der Waals surface area (Å²) in [5, 5.41) is 4.09. The highest BCUT2D eigenvalue weighted by Gasteiger charge is 2.01. The predicted molar refractivity (Wildman–Crippen MR) is 56.6 cm³/mol. The zero-order valence-electron chi connectivity index (χ0n) is 8.42. The third-order valence-corrected chi connectivity index (χ3v) is 1.90. The van der Waals surface area contributed by atoms with Crippen molar-refractivity contribution in [3.8, 4) is 11.6 Å². The Balaban J connectivity index is 2.14. The lowest BCUT2D eigenvalue weighted by Crippen LogP contribution is -1.93. The molecule has 0 saturated heterocycles. The number of anilines is 1.